The summed E-state index contributed by atoms with van der Waals surface area (Å²) in [5.41, 5.74) is 0.127. The predicted molar refractivity (Wildman–Crippen MR) is 110 cm³/mol. The fourth-order valence-corrected chi connectivity index (χ4v) is 3.69. The first-order valence-corrected chi connectivity index (χ1v) is 9.63. The van der Waals surface area contributed by atoms with Crippen LogP contribution < -0.4 is 0 Å². The summed E-state index contributed by atoms with van der Waals surface area (Å²) in [5.74, 6) is 0. The van der Waals surface area contributed by atoms with Gasteiger partial charge in [-0.2, -0.15) is 13.2 Å². The lowest BCUT2D eigenvalue weighted by Gasteiger charge is -2.15. The van der Waals surface area contributed by atoms with Crippen LogP contribution in [0.15, 0.2) is 36.5 Å². The Balaban J connectivity index is 2.33. The Morgan fingerprint density at radius 2 is 1.00 bits per heavy atom. The Bertz CT molecular complexity index is 1040. The molecule has 0 aliphatic carbocycles. The molecule has 0 aliphatic heterocycles. The minimum atomic E-state index is -4.65. The van der Waals surface area contributed by atoms with Gasteiger partial charge >= 0.3 is 6.18 Å². The fourth-order valence-electron chi connectivity index (χ4n) is 2.50. The number of aromatic nitrogens is 1. The number of alkyl halides is 3. The number of benzene rings is 2. The molecule has 0 spiro atoms. The fraction of sp³-hybridized carbons (Fsp3) is 0.0556. The van der Waals surface area contributed by atoms with E-state index in [9.17, 15) is 13.2 Å². The average molecular weight is 506 g/mol. The molecule has 1 nitrogen and oxygen atoms in total. The maximum Gasteiger partial charge on any atom is 0.433 e. The van der Waals surface area contributed by atoms with E-state index in [1.165, 1.54) is 24.3 Å². The highest BCUT2D eigenvalue weighted by atomic mass is 35.5. The summed E-state index contributed by atoms with van der Waals surface area (Å²) in [6, 6.07) is 6.66. The van der Waals surface area contributed by atoms with E-state index in [-0.39, 0.29) is 35.7 Å². The highest BCUT2D eigenvalue weighted by Gasteiger charge is 2.33. The zero-order valence-corrected chi connectivity index (χ0v) is 17.8. The summed E-state index contributed by atoms with van der Waals surface area (Å²) in [6.45, 7) is 0. The third-order valence-electron chi connectivity index (χ3n) is 3.78. The molecule has 0 amide bonds. The number of hydrogen-bond acceptors (Lipinski definition) is 1. The molecule has 3 rings (SSSR count). The van der Waals surface area contributed by atoms with Crippen molar-refractivity contribution in [2.45, 2.75) is 6.18 Å². The molecule has 0 fully saturated rings. The van der Waals surface area contributed by atoms with Crippen molar-refractivity contribution in [2.24, 2.45) is 0 Å². The van der Waals surface area contributed by atoms with Crippen LogP contribution in [0.1, 0.15) is 5.69 Å². The average Bonchev–Trinajstić information content (AvgIpc) is 2.62. The number of nitrogens with zero attached hydrogens (tertiary/aromatic N) is 1. The Labute approximate surface area is 187 Å². The van der Waals surface area contributed by atoms with E-state index in [4.69, 9.17) is 69.6 Å². The van der Waals surface area contributed by atoms with Crippen molar-refractivity contribution < 1.29 is 13.2 Å². The van der Waals surface area contributed by atoms with Crippen LogP contribution in [-0.4, -0.2) is 4.98 Å². The van der Waals surface area contributed by atoms with Crippen LogP contribution >= 0.6 is 69.6 Å². The Morgan fingerprint density at radius 1 is 0.607 bits per heavy atom. The van der Waals surface area contributed by atoms with Gasteiger partial charge in [0.05, 0.1) is 30.1 Å². The summed E-state index contributed by atoms with van der Waals surface area (Å²) in [4.78, 5) is 3.52. The first kappa shape index (κ1) is 21.8. The molecule has 0 saturated carbocycles. The minimum absolute atomic E-state index is 0.0904. The molecule has 146 valence electrons. The molecule has 28 heavy (non-hydrogen) atoms. The quantitative estimate of drug-likeness (QED) is 0.316. The smallest absolute Gasteiger partial charge is 0.251 e. The van der Waals surface area contributed by atoms with E-state index in [1.54, 1.807) is 0 Å². The Morgan fingerprint density at radius 3 is 1.39 bits per heavy atom. The lowest BCUT2D eigenvalue weighted by Crippen LogP contribution is -2.08. The summed E-state index contributed by atoms with van der Waals surface area (Å²) in [7, 11) is 0. The largest absolute Gasteiger partial charge is 0.433 e. The van der Waals surface area contributed by atoms with Gasteiger partial charge in [0, 0.05) is 11.8 Å². The number of halogens is 9. The third-order valence-corrected chi connectivity index (χ3v) is 6.18. The van der Waals surface area contributed by atoms with Crippen LogP contribution in [-0.2, 0) is 6.18 Å². The van der Waals surface area contributed by atoms with E-state index >= 15 is 0 Å². The number of pyridine rings is 1. The molecule has 0 N–H and O–H groups in total. The second-order valence-electron chi connectivity index (χ2n) is 5.62. The normalized spacial score (nSPS) is 11.8. The van der Waals surface area contributed by atoms with E-state index in [2.05, 4.69) is 4.98 Å². The summed E-state index contributed by atoms with van der Waals surface area (Å²) < 4.78 is 39.7. The van der Waals surface area contributed by atoms with E-state index < -0.39 is 11.9 Å². The van der Waals surface area contributed by atoms with Gasteiger partial charge in [-0.3, -0.25) is 4.98 Å². The molecule has 1 aromatic heterocycles. The van der Waals surface area contributed by atoms with E-state index in [1.807, 2.05) is 0 Å². The molecule has 0 saturated heterocycles. The first-order valence-electron chi connectivity index (χ1n) is 7.36. The molecule has 0 radical (unpaired) electrons. The van der Waals surface area contributed by atoms with Crippen LogP contribution in [0.2, 0.25) is 30.1 Å². The van der Waals surface area contributed by atoms with Crippen LogP contribution in [0.4, 0.5) is 13.2 Å². The van der Waals surface area contributed by atoms with Gasteiger partial charge in [0.1, 0.15) is 5.69 Å². The topological polar surface area (TPSA) is 12.9 Å². The number of rotatable bonds is 2. The Hall–Kier alpha value is -0.880. The van der Waals surface area contributed by atoms with Gasteiger partial charge in [-0.15, -0.1) is 0 Å². The van der Waals surface area contributed by atoms with E-state index in [0.717, 1.165) is 12.3 Å². The van der Waals surface area contributed by atoms with Gasteiger partial charge in [0.25, 0.3) is 0 Å². The molecule has 10 heteroatoms. The minimum Gasteiger partial charge on any atom is -0.251 e. The highest BCUT2D eigenvalue weighted by Crippen LogP contribution is 2.42. The molecule has 0 bridgehead atoms. The van der Waals surface area contributed by atoms with Crippen molar-refractivity contribution in [3.63, 3.8) is 0 Å². The maximum atomic E-state index is 13.2. The molecular formula is C18H6Cl6F3N. The molecule has 0 aliphatic rings. The van der Waals surface area contributed by atoms with Crippen LogP contribution in [0.5, 0.6) is 0 Å². The lowest BCUT2D eigenvalue weighted by molar-refractivity contribution is -0.141. The molecule has 0 atom stereocenters. The van der Waals surface area contributed by atoms with Crippen molar-refractivity contribution in [2.75, 3.05) is 0 Å². The standard InChI is InChI=1S/C18H6Cl6F3N/c19-11-1-7(2-12(20)16(11)23)9-5-15(18(25,26)27)28-6-10(9)8-3-13(21)17(24)14(22)4-8/h1-6H. The highest BCUT2D eigenvalue weighted by molar-refractivity contribution is 6.49. The second-order valence-corrected chi connectivity index (χ2v) is 8.01. The maximum absolute atomic E-state index is 13.2. The third kappa shape index (κ3) is 4.33. The van der Waals surface area contributed by atoms with Crippen molar-refractivity contribution >= 4 is 69.6 Å². The van der Waals surface area contributed by atoms with Crippen LogP contribution in [0.25, 0.3) is 22.3 Å². The SMILES string of the molecule is FC(F)(F)c1cc(-c2cc(Cl)c(Cl)c(Cl)c2)c(-c2cc(Cl)c(Cl)c(Cl)c2)cn1. The molecule has 2 aromatic carbocycles. The molecule has 1 heterocycles. The zero-order valence-electron chi connectivity index (χ0n) is 13.3. The van der Waals surface area contributed by atoms with Crippen molar-refractivity contribution in [1.82, 2.24) is 4.98 Å². The molecular weight excluding hydrogens is 500 g/mol. The van der Waals surface area contributed by atoms with Gasteiger partial charge in [-0.1, -0.05) is 69.6 Å². The van der Waals surface area contributed by atoms with Crippen molar-refractivity contribution in [3.8, 4) is 22.3 Å². The van der Waals surface area contributed by atoms with Crippen LogP contribution in [0, 0.1) is 0 Å². The summed E-state index contributed by atoms with van der Waals surface area (Å²) >= 11 is 36.2. The Kier molecular flexibility index (Phi) is 6.31. The number of hydrogen-bond donors (Lipinski definition) is 0. The zero-order chi connectivity index (χ0) is 20.8. The predicted octanol–water partition coefficient (Wildman–Crippen LogP) is 9.35. The van der Waals surface area contributed by atoms with Gasteiger partial charge in [-0.05, 0) is 47.0 Å². The monoisotopic (exact) mass is 503 g/mol. The lowest BCUT2D eigenvalue weighted by atomic mass is 9.95. The summed E-state index contributed by atoms with van der Waals surface area (Å²) in [5, 5.41) is 0.687. The van der Waals surface area contributed by atoms with Gasteiger partial charge < -0.3 is 0 Å². The summed E-state index contributed by atoms with van der Waals surface area (Å²) in [6.07, 6.45) is -3.58. The van der Waals surface area contributed by atoms with Crippen molar-refractivity contribution in [1.29, 1.82) is 0 Å². The van der Waals surface area contributed by atoms with Gasteiger partial charge in [0.15, 0.2) is 0 Å². The molecule has 0 unspecified atom stereocenters. The second kappa shape index (κ2) is 8.10. The van der Waals surface area contributed by atoms with Gasteiger partial charge in [-0.25, -0.2) is 0 Å². The van der Waals surface area contributed by atoms with Gasteiger partial charge in [0.2, 0.25) is 0 Å². The molecule has 3 aromatic rings. The van der Waals surface area contributed by atoms with Crippen molar-refractivity contribution in [3.05, 3.63) is 72.4 Å². The first-order chi connectivity index (χ1) is 13.0. The van der Waals surface area contributed by atoms with Crippen LogP contribution in [0.3, 0.4) is 0 Å². The van der Waals surface area contributed by atoms with E-state index in [0.29, 0.717) is 16.7 Å².